The van der Waals surface area contributed by atoms with Gasteiger partial charge in [-0.25, -0.2) is 4.99 Å². The summed E-state index contributed by atoms with van der Waals surface area (Å²) in [5.41, 5.74) is 3.82. The van der Waals surface area contributed by atoms with Crippen molar-refractivity contribution >= 4 is 29.0 Å². The summed E-state index contributed by atoms with van der Waals surface area (Å²) in [6, 6.07) is 22.4. The molecule has 204 valence electrons. The molecule has 9 heteroatoms. The van der Waals surface area contributed by atoms with E-state index in [4.69, 9.17) is 0 Å². The second-order valence-electron chi connectivity index (χ2n) is 9.67. The van der Waals surface area contributed by atoms with Gasteiger partial charge in [-0.3, -0.25) is 14.2 Å². The molecule has 0 spiro atoms. The number of aromatic nitrogens is 1. The molecule has 0 fully saturated rings. The van der Waals surface area contributed by atoms with Gasteiger partial charge in [0.2, 0.25) is 0 Å². The number of hydrogen-bond acceptors (Lipinski definition) is 5. The first kappa shape index (κ1) is 27.2. The molecular weight excluding hydrogens is 532 g/mol. The summed E-state index contributed by atoms with van der Waals surface area (Å²) < 4.78 is 31.4. The molecule has 0 bridgehead atoms. The first-order valence-corrected chi connectivity index (χ1v) is 13.6. The quantitative estimate of drug-likeness (QED) is 0.321. The predicted octanol–water partition coefficient (Wildman–Crippen LogP) is 5.60. The number of halogens is 2. The van der Waals surface area contributed by atoms with Gasteiger partial charge in [0.1, 0.15) is 5.75 Å². The maximum Gasteiger partial charge on any atom is 0.387 e. The number of hydrogen-bond donors (Lipinski definition) is 1. The van der Waals surface area contributed by atoms with Crippen LogP contribution in [0.3, 0.4) is 0 Å². The minimum absolute atomic E-state index is 0.0307. The summed E-state index contributed by atoms with van der Waals surface area (Å²) in [7, 11) is 0. The third-order valence-electron chi connectivity index (χ3n) is 6.62. The fraction of sp³-hybridized carbons (Fsp3) is 0.194. The number of nitrogens with zero attached hydrogens (tertiary/aromatic N) is 2. The van der Waals surface area contributed by atoms with Crippen LogP contribution < -0.4 is 24.9 Å². The Morgan fingerprint density at radius 2 is 1.70 bits per heavy atom. The van der Waals surface area contributed by atoms with Crippen molar-refractivity contribution in [2.24, 2.45) is 4.99 Å². The van der Waals surface area contributed by atoms with Crippen LogP contribution in [0, 0.1) is 0 Å². The average molecular weight is 560 g/mol. The Balaban J connectivity index is 1.61. The molecule has 1 aromatic heterocycles. The zero-order valence-corrected chi connectivity index (χ0v) is 22.9. The minimum atomic E-state index is -2.92. The van der Waals surface area contributed by atoms with E-state index in [1.807, 2.05) is 42.5 Å². The Labute approximate surface area is 233 Å². The Kier molecular flexibility index (Phi) is 7.75. The summed E-state index contributed by atoms with van der Waals surface area (Å²) in [6.07, 6.45) is 1.68. The van der Waals surface area contributed by atoms with Crippen molar-refractivity contribution in [1.29, 1.82) is 0 Å². The van der Waals surface area contributed by atoms with Gasteiger partial charge in [0.25, 0.3) is 11.5 Å². The zero-order chi connectivity index (χ0) is 28.4. The van der Waals surface area contributed by atoms with Gasteiger partial charge in [0.05, 0.1) is 21.8 Å². The van der Waals surface area contributed by atoms with Crippen molar-refractivity contribution in [2.75, 3.05) is 5.32 Å². The molecular formula is C31H27F2N3O3S. The van der Waals surface area contributed by atoms with Crippen LogP contribution in [0.15, 0.2) is 99.9 Å². The first-order chi connectivity index (χ1) is 19.2. The lowest BCUT2D eigenvalue weighted by molar-refractivity contribution is -0.113. The van der Waals surface area contributed by atoms with Gasteiger partial charge in [0, 0.05) is 5.69 Å². The van der Waals surface area contributed by atoms with Crippen LogP contribution in [0.2, 0.25) is 0 Å². The van der Waals surface area contributed by atoms with Crippen molar-refractivity contribution in [3.63, 3.8) is 0 Å². The number of benzene rings is 3. The predicted molar refractivity (Wildman–Crippen MR) is 152 cm³/mol. The molecule has 6 nitrogen and oxygen atoms in total. The highest BCUT2D eigenvalue weighted by atomic mass is 32.1. The van der Waals surface area contributed by atoms with E-state index < -0.39 is 12.7 Å². The van der Waals surface area contributed by atoms with Gasteiger partial charge >= 0.3 is 6.61 Å². The number of carbonyl (C=O) groups is 1. The molecule has 0 aliphatic carbocycles. The van der Waals surface area contributed by atoms with Crippen molar-refractivity contribution in [3.05, 3.63) is 127 Å². The number of carbonyl (C=O) groups excluding carboxylic acids is 1. The number of amides is 1. The van der Waals surface area contributed by atoms with E-state index in [2.05, 4.69) is 28.9 Å². The van der Waals surface area contributed by atoms with Gasteiger partial charge < -0.3 is 10.1 Å². The summed E-state index contributed by atoms with van der Waals surface area (Å²) in [6.45, 7) is 3.06. The Bertz CT molecular complexity index is 1740. The minimum Gasteiger partial charge on any atom is -0.435 e. The maximum absolute atomic E-state index is 13.8. The summed E-state index contributed by atoms with van der Waals surface area (Å²) in [5.74, 6) is 0.0177. The van der Waals surface area contributed by atoms with Crippen LogP contribution in [0.25, 0.3) is 6.08 Å². The number of ether oxygens (including phenoxy) is 1. The van der Waals surface area contributed by atoms with Gasteiger partial charge in [-0.15, -0.1) is 0 Å². The highest BCUT2D eigenvalue weighted by Crippen LogP contribution is 2.31. The van der Waals surface area contributed by atoms with E-state index in [1.165, 1.54) is 23.5 Å². The van der Waals surface area contributed by atoms with E-state index in [-0.39, 0.29) is 17.2 Å². The van der Waals surface area contributed by atoms with Crippen LogP contribution in [-0.2, 0) is 4.79 Å². The third-order valence-corrected chi connectivity index (χ3v) is 7.60. The van der Waals surface area contributed by atoms with E-state index in [9.17, 15) is 18.4 Å². The molecule has 0 saturated carbocycles. The maximum atomic E-state index is 13.8. The number of thiazole rings is 1. The average Bonchev–Trinajstić information content (AvgIpc) is 3.23. The molecule has 1 aliphatic heterocycles. The normalized spacial score (nSPS) is 15.3. The SMILES string of the molecule is CC1=C(C(=O)Nc2ccccc2)[C@@H](c2ccc(C(C)C)cc2)n2c(s/c(=C/c3ccc(OC(F)F)cc3)c2=O)=N1. The van der Waals surface area contributed by atoms with Crippen molar-refractivity contribution in [1.82, 2.24) is 4.57 Å². The fourth-order valence-electron chi connectivity index (χ4n) is 4.61. The Hall–Kier alpha value is -4.37. The topological polar surface area (TPSA) is 72.7 Å². The van der Waals surface area contributed by atoms with Crippen LogP contribution in [-0.4, -0.2) is 17.1 Å². The summed E-state index contributed by atoms with van der Waals surface area (Å²) >= 11 is 1.21. The van der Waals surface area contributed by atoms with Crippen LogP contribution in [0.5, 0.6) is 5.75 Å². The highest BCUT2D eigenvalue weighted by molar-refractivity contribution is 7.07. The molecule has 1 N–H and O–H groups in total. The van der Waals surface area contributed by atoms with Gasteiger partial charge in [-0.05, 0) is 59.9 Å². The van der Waals surface area contributed by atoms with Crippen molar-refractivity contribution < 1.29 is 18.3 Å². The lowest BCUT2D eigenvalue weighted by Crippen LogP contribution is -2.40. The van der Waals surface area contributed by atoms with Crippen molar-refractivity contribution in [3.8, 4) is 5.75 Å². The second-order valence-corrected chi connectivity index (χ2v) is 10.7. The van der Waals surface area contributed by atoms with Crippen LogP contribution in [0.4, 0.5) is 14.5 Å². The van der Waals surface area contributed by atoms with Gasteiger partial charge in [-0.2, -0.15) is 8.78 Å². The van der Waals surface area contributed by atoms with Crippen LogP contribution in [0.1, 0.15) is 49.4 Å². The fourth-order valence-corrected chi connectivity index (χ4v) is 5.65. The third kappa shape index (κ3) is 5.65. The number of rotatable bonds is 7. The summed E-state index contributed by atoms with van der Waals surface area (Å²) in [4.78, 5) is 32.6. The first-order valence-electron chi connectivity index (χ1n) is 12.7. The standard InChI is InChI=1S/C31H27F2N3O3S/c1-18(2)21-11-13-22(14-12-21)27-26(28(37)35-23-7-5-4-6-8-23)19(3)34-31-36(27)29(38)25(40-31)17-20-9-15-24(16-10-20)39-30(32)33/h4-18,27,30H,1-3H3,(H,35,37)/b25-17+/t27-/m1/s1. The number of alkyl halides is 2. The van der Waals surface area contributed by atoms with E-state index in [0.29, 0.717) is 37.8 Å². The molecule has 1 aliphatic rings. The number of nitrogens with one attached hydrogen (secondary N) is 1. The Morgan fingerprint density at radius 1 is 1.02 bits per heavy atom. The lowest BCUT2D eigenvalue weighted by Gasteiger charge is -2.25. The number of fused-ring (bicyclic) bond motifs is 1. The monoisotopic (exact) mass is 559 g/mol. The van der Waals surface area contributed by atoms with E-state index in [1.54, 1.807) is 41.8 Å². The van der Waals surface area contributed by atoms with Gasteiger partial charge in [0.15, 0.2) is 4.80 Å². The molecule has 0 saturated heterocycles. The smallest absolute Gasteiger partial charge is 0.387 e. The molecule has 1 atom stereocenters. The summed E-state index contributed by atoms with van der Waals surface area (Å²) in [5, 5.41) is 2.95. The molecule has 4 aromatic rings. The highest BCUT2D eigenvalue weighted by Gasteiger charge is 2.32. The molecule has 2 heterocycles. The van der Waals surface area contributed by atoms with Gasteiger partial charge in [-0.1, -0.05) is 79.8 Å². The van der Waals surface area contributed by atoms with E-state index >= 15 is 0 Å². The molecule has 0 radical (unpaired) electrons. The zero-order valence-electron chi connectivity index (χ0n) is 22.1. The number of para-hydroxylation sites is 1. The molecule has 0 unspecified atom stereocenters. The van der Waals surface area contributed by atoms with Crippen molar-refractivity contribution in [2.45, 2.75) is 39.3 Å². The second kappa shape index (κ2) is 11.4. The lowest BCUT2D eigenvalue weighted by atomic mass is 9.93. The number of anilines is 1. The van der Waals surface area contributed by atoms with E-state index in [0.717, 1.165) is 11.1 Å². The molecule has 40 heavy (non-hydrogen) atoms. The Morgan fingerprint density at radius 3 is 2.33 bits per heavy atom. The number of allylic oxidation sites excluding steroid dienone is 1. The van der Waals surface area contributed by atoms with Crippen LogP contribution >= 0.6 is 11.3 Å². The molecule has 3 aromatic carbocycles. The largest absolute Gasteiger partial charge is 0.435 e. The molecule has 5 rings (SSSR count). The molecule has 1 amide bonds.